The Morgan fingerprint density at radius 3 is 3.00 bits per heavy atom. The van der Waals surface area contributed by atoms with E-state index in [1.54, 1.807) is 11.4 Å². The van der Waals surface area contributed by atoms with Crippen LogP contribution in [0.25, 0.3) is 0 Å². The average molecular weight is 310 g/mol. The Morgan fingerprint density at radius 2 is 2.25 bits per heavy atom. The Hall–Kier alpha value is -1.87. The summed E-state index contributed by atoms with van der Waals surface area (Å²) in [6.45, 7) is -0.238. The summed E-state index contributed by atoms with van der Waals surface area (Å²) < 4.78 is 13.1. The van der Waals surface area contributed by atoms with Crippen molar-refractivity contribution in [1.82, 2.24) is 0 Å². The van der Waals surface area contributed by atoms with Crippen LogP contribution in [0.3, 0.4) is 0 Å². The van der Waals surface area contributed by atoms with Crippen LogP contribution in [-0.4, -0.2) is 17.6 Å². The number of nitrogens with one attached hydrogen (secondary N) is 1. The molecule has 0 saturated carbocycles. The molecular formula is C14H9ClFNO2S. The third kappa shape index (κ3) is 3.58. The standard InChI is InChI=1S/C14H9ClFNO2S/c15-12-4-3-10(16)7-13(12)17-14(19)9-6-11(20-8-9)2-1-5-18/h3-4,6-8,18H,5H2,(H,17,19). The van der Waals surface area contributed by atoms with Crippen molar-refractivity contribution in [2.24, 2.45) is 0 Å². The Bertz CT molecular complexity index is 703. The van der Waals surface area contributed by atoms with Crippen molar-refractivity contribution in [3.63, 3.8) is 0 Å². The van der Waals surface area contributed by atoms with Crippen LogP contribution in [0, 0.1) is 17.7 Å². The maximum atomic E-state index is 13.1. The van der Waals surface area contributed by atoms with Gasteiger partial charge in [0, 0.05) is 5.38 Å². The SMILES string of the molecule is O=C(Nc1cc(F)ccc1Cl)c1csc(C#CCO)c1. The van der Waals surface area contributed by atoms with Gasteiger partial charge in [-0.1, -0.05) is 23.4 Å². The maximum absolute atomic E-state index is 13.1. The minimum atomic E-state index is -0.482. The number of hydrogen-bond acceptors (Lipinski definition) is 3. The zero-order chi connectivity index (χ0) is 14.5. The van der Waals surface area contributed by atoms with Crippen LogP contribution in [0.15, 0.2) is 29.6 Å². The van der Waals surface area contributed by atoms with Gasteiger partial charge in [0.15, 0.2) is 0 Å². The van der Waals surface area contributed by atoms with E-state index in [1.807, 2.05) is 0 Å². The molecule has 1 heterocycles. The van der Waals surface area contributed by atoms with E-state index in [1.165, 1.54) is 23.5 Å². The summed E-state index contributed by atoms with van der Waals surface area (Å²) in [5, 5.41) is 13.0. The number of aliphatic hydroxyl groups excluding tert-OH is 1. The number of amides is 1. The molecule has 0 aliphatic carbocycles. The number of thiophene rings is 1. The van der Waals surface area contributed by atoms with Crippen LogP contribution in [0.4, 0.5) is 10.1 Å². The van der Waals surface area contributed by atoms with Gasteiger partial charge in [0.05, 0.1) is 21.2 Å². The molecule has 6 heteroatoms. The molecule has 1 aromatic heterocycles. The Morgan fingerprint density at radius 1 is 1.45 bits per heavy atom. The average Bonchev–Trinajstić information content (AvgIpc) is 2.89. The Kier molecular flexibility index (Phi) is 4.74. The molecule has 0 saturated heterocycles. The highest BCUT2D eigenvalue weighted by molar-refractivity contribution is 7.10. The van der Waals surface area contributed by atoms with Crippen molar-refractivity contribution < 1.29 is 14.3 Å². The van der Waals surface area contributed by atoms with Crippen LogP contribution in [-0.2, 0) is 0 Å². The monoisotopic (exact) mass is 309 g/mol. The molecule has 0 atom stereocenters. The van der Waals surface area contributed by atoms with Crippen molar-refractivity contribution in [3.05, 3.63) is 50.9 Å². The molecule has 0 spiro atoms. The first-order valence-electron chi connectivity index (χ1n) is 5.55. The van der Waals surface area contributed by atoms with E-state index in [2.05, 4.69) is 17.2 Å². The highest BCUT2D eigenvalue weighted by Crippen LogP contribution is 2.23. The largest absolute Gasteiger partial charge is 0.384 e. The van der Waals surface area contributed by atoms with Crippen LogP contribution in [0.5, 0.6) is 0 Å². The molecule has 0 unspecified atom stereocenters. The van der Waals surface area contributed by atoms with Crippen molar-refractivity contribution in [1.29, 1.82) is 0 Å². The van der Waals surface area contributed by atoms with E-state index in [0.29, 0.717) is 10.4 Å². The summed E-state index contributed by atoms with van der Waals surface area (Å²) in [6.07, 6.45) is 0. The van der Waals surface area contributed by atoms with Gasteiger partial charge < -0.3 is 10.4 Å². The quantitative estimate of drug-likeness (QED) is 0.837. The van der Waals surface area contributed by atoms with E-state index < -0.39 is 11.7 Å². The predicted octanol–water partition coefficient (Wildman–Crippen LogP) is 3.14. The number of benzene rings is 1. The number of anilines is 1. The lowest BCUT2D eigenvalue weighted by Crippen LogP contribution is -2.11. The van der Waals surface area contributed by atoms with E-state index in [4.69, 9.17) is 16.7 Å². The summed E-state index contributed by atoms with van der Waals surface area (Å²) in [4.78, 5) is 12.6. The summed E-state index contributed by atoms with van der Waals surface area (Å²) >= 11 is 7.16. The number of aliphatic hydroxyl groups is 1. The molecule has 102 valence electrons. The van der Waals surface area contributed by atoms with Gasteiger partial charge in [-0.2, -0.15) is 0 Å². The fourth-order valence-electron chi connectivity index (χ4n) is 1.44. The van der Waals surface area contributed by atoms with E-state index in [-0.39, 0.29) is 17.3 Å². The second kappa shape index (κ2) is 6.53. The lowest BCUT2D eigenvalue weighted by Gasteiger charge is -2.05. The Labute approximate surface area is 124 Å². The summed E-state index contributed by atoms with van der Waals surface area (Å²) in [6, 6.07) is 5.33. The van der Waals surface area contributed by atoms with Crippen molar-refractivity contribution in [2.75, 3.05) is 11.9 Å². The molecule has 2 rings (SSSR count). The van der Waals surface area contributed by atoms with Crippen molar-refractivity contribution >= 4 is 34.5 Å². The second-order valence-electron chi connectivity index (χ2n) is 3.74. The first-order chi connectivity index (χ1) is 9.60. The minimum Gasteiger partial charge on any atom is -0.384 e. The lowest BCUT2D eigenvalue weighted by molar-refractivity contribution is 0.102. The molecule has 3 nitrogen and oxygen atoms in total. The topological polar surface area (TPSA) is 49.3 Å². The zero-order valence-electron chi connectivity index (χ0n) is 10.1. The number of carbonyl (C=O) groups excluding carboxylic acids is 1. The van der Waals surface area contributed by atoms with Crippen LogP contribution in [0.2, 0.25) is 5.02 Å². The number of carbonyl (C=O) groups is 1. The van der Waals surface area contributed by atoms with Crippen LogP contribution >= 0.6 is 22.9 Å². The molecule has 2 N–H and O–H groups in total. The predicted molar refractivity (Wildman–Crippen MR) is 77.6 cm³/mol. The van der Waals surface area contributed by atoms with Gasteiger partial charge in [-0.15, -0.1) is 11.3 Å². The molecule has 0 aliphatic rings. The van der Waals surface area contributed by atoms with E-state index in [9.17, 15) is 9.18 Å². The Balaban J connectivity index is 2.15. The number of halogens is 2. The number of rotatable bonds is 2. The van der Waals surface area contributed by atoms with Gasteiger partial charge in [0.25, 0.3) is 5.91 Å². The van der Waals surface area contributed by atoms with Crippen molar-refractivity contribution in [3.8, 4) is 11.8 Å². The zero-order valence-corrected chi connectivity index (χ0v) is 11.7. The molecule has 0 fully saturated rings. The van der Waals surface area contributed by atoms with E-state index in [0.717, 1.165) is 6.07 Å². The van der Waals surface area contributed by atoms with Gasteiger partial charge >= 0.3 is 0 Å². The van der Waals surface area contributed by atoms with Crippen LogP contribution < -0.4 is 5.32 Å². The highest BCUT2D eigenvalue weighted by atomic mass is 35.5. The van der Waals surface area contributed by atoms with Gasteiger partial charge in [0.2, 0.25) is 0 Å². The first kappa shape index (κ1) is 14.5. The lowest BCUT2D eigenvalue weighted by atomic mass is 10.2. The molecule has 1 amide bonds. The molecular weight excluding hydrogens is 301 g/mol. The van der Waals surface area contributed by atoms with Gasteiger partial charge in [-0.3, -0.25) is 4.79 Å². The van der Waals surface area contributed by atoms with Gasteiger partial charge in [-0.25, -0.2) is 4.39 Å². The van der Waals surface area contributed by atoms with Gasteiger partial charge in [0.1, 0.15) is 12.4 Å². The molecule has 0 bridgehead atoms. The van der Waals surface area contributed by atoms with Gasteiger partial charge in [-0.05, 0) is 24.3 Å². The van der Waals surface area contributed by atoms with E-state index >= 15 is 0 Å². The normalized spacial score (nSPS) is 9.75. The molecule has 1 aromatic carbocycles. The minimum absolute atomic E-state index is 0.214. The summed E-state index contributed by atoms with van der Waals surface area (Å²) in [5.74, 6) is 4.32. The highest BCUT2D eigenvalue weighted by Gasteiger charge is 2.11. The second-order valence-corrected chi connectivity index (χ2v) is 5.06. The smallest absolute Gasteiger partial charge is 0.256 e. The van der Waals surface area contributed by atoms with Crippen LogP contribution in [0.1, 0.15) is 15.2 Å². The van der Waals surface area contributed by atoms with Crippen molar-refractivity contribution in [2.45, 2.75) is 0 Å². The fraction of sp³-hybridized carbons (Fsp3) is 0.0714. The molecule has 0 radical (unpaired) electrons. The fourth-order valence-corrected chi connectivity index (χ4v) is 2.36. The molecule has 0 aliphatic heterocycles. The maximum Gasteiger partial charge on any atom is 0.256 e. The summed E-state index contributed by atoms with van der Waals surface area (Å²) in [7, 11) is 0. The summed E-state index contributed by atoms with van der Waals surface area (Å²) in [5.41, 5.74) is 0.614. The molecule has 2 aromatic rings. The first-order valence-corrected chi connectivity index (χ1v) is 6.80. The molecule has 20 heavy (non-hydrogen) atoms. The third-order valence-corrected chi connectivity index (χ3v) is 3.50. The number of hydrogen-bond donors (Lipinski definition) is 2. The third-order valence-electron chi connectivity index (χ3n) is 2.33.